The number of rotatable bonds is 1. The first-order chi connectivity index (χ1) is 8.74. The quantitative estimate of drug-likeness (QED) is 0.713. The van der Waals surface area contributed by atoms with Crippen molar-refractivity contribution in [2.45, 2.75) is 13.0 Å². The molecular weight excluding hydrogens is 228 g/mol. The fourth-order valence-corrected chi connectivity index (χ4v) is 3.05. The molecule has 1 aromatic rings. The molecule has 1 spiro atoms. The summed E-state index contributed by atoms with van der Waals surface area (Å²) in [5, 5.41) is 0. The van der Waals surface area contributed by atoms with Crippen LogP contribution in [0.25, 0.3) is 0 Å². The third-order valence-electron chi connectivity index (χ3n) is 4.28. The fourth-order valence-electron chi connectivity index (χ4n) is 3.05. The predicted molar refractivity (Wildman–Crippen MR) is 67.5 cm³/mol. The van der Waals surface area contributed by atoms with E-state index >= 15 is 0 Å². The van der Waals surface area contributed by atoms with Gasteiger partial charge in [0.1, 0.15) is 0 Å². The Hall–Kier alpha value is -1.20. The highest BCUT2D eigenvalue weighted by molar-refractivity contribution is 5.39. The molecule has 2 fully saturated rings. The Balaban J connectivity index is 1.54. The lowest BCUT2D eigenvalue weighted by Gasteiger charge is -2.54. The number of hydrogen-bond acceptors (Lipinski definition) is 5. The Labute approximate surface area is 107 Å². The number of nitrogens with zero attached hydrogens (tertiary/aromatic N) is 4. The van der Waals surface area contributed by atoms with Gasteiger partial charge in [0.05, 0.1) is 24.3 Å². The second-order valence-corrected chi connectivity index (χ2v) is 5.98. The van der Waals surface area contributed by atoms with E-state index in [1.54, 1.807) is 0 Å². The summed E-state index contributed by atoms with van der Waals surface area (Å²) in [5.74, 6) is 0.904. The monoisotopic (exact) mass is 246 g/mol. The summed E-state index contributed by atoms with van der Waals surface area (Å²) in [6, 6.07) is 0. The highest BCUT2D eigenvalue weighted by atomic mass is 16.5. The van der Waals surface area contributed by atoms with Gasteiger partial charge in [-0.05, 0) is 19.0 Å². The molecule has 3 aliphatic heterocycles. The van der Waals surface area contributed by atoms with E-state index in [1.807, 2.05) is 6.20 Å². The van der Waals surface area contributed by atoms with Crippen LogP contribution in [0, 0.1) is 5.41 Å². The van der Waals surface area contributed by atoms with E-state index in [0.29, 0.717) is 5.41 Å². The van der Waals surface area contributed by atoms with Crippen molar-refractivity contribution in [2.75, 3.05) is 44.8 Å². The van der Waals surface area contributed by atoms with Gasteiger partial charge in [0.2, 0.25) is 5.95 Å². The Bertz CT molecular complexity index is 478. The third-order valence-corrected chi connectivity index (χ3v) is 4.28. The molecule has 5 nitrogen and oxygen atoms in total. The van der Waals surface area contributed by atoms with Gasteiger partial charge >= 0.3 is 0 Å². The third kappa shape index (κ3) is 1.54. The Morgan fingerprint density at radius 3 is 2.89 bits per heavy atom. The van der Waals surface area contributed by atoms with E-state index in [2.05, 4.69) is 21.8 Å². The standard InChI is InChI=1S/C13H18N4O/c1-16-3-2-10-4-14-12(15-11(10)5-16)17-6-13(7-17)8-18-9-13/h4H,2-3,5-9H2,1H3. The van der Waals surface area contributed by atoms with Crippen molar-refractivity contribution in [3.63, 3.8) is 0 Å². The van der Waals surface area contributed by atoms with Crippen molar-refractivity contribution < 1.29 is 4.74 Å². The van der Waals surface area contributed by atoms with Gasteiger partial charge in [0.15, 0.2) is 0 Å². The van der Waals surface area contributed by atoms with Crippen molar-refractivity contribution in [1.29, 1.82) is 0 Å². The van der Waals surface area contributed by atoms with Gasteiger partial charge in [0, 0.05) is 32.4 Å². The van der Waals surface area contributed by atoms with Gasteiger partial charge in [-0.15, -0.1) is 0 Å². The molecule has 0 bridgehead atoms. The van der Waals surface area contributed by atoms with Crippen molar-refractivity contribution in [3.8, 4) is 0 Å². The molecule has 4 rings (SSSR count). The first kappa shape index (κ1) is 10.7. The van der Waals surface area contributed by atoms with E-state index < -0.39 is 0 Å². The average Bonchev–Trinajstić information content (AvgIpc) is 2.24. The SMILES string of the molecule is CN1CCc2cnc(N3CC4(COC4)C3)nc2C1. The van der Waals surface area contributed by atoms with Crippen LogP contribution in [-0.4, -0.2) is 54.8 Å². The number of anilines is 1. The summed E-state index contributed by atoms with van der Waals surface area (Å²) in [5.41, 5.74) is 2.95. The van der Waals surface area contributed by atoms with Crippen molar-refractivity contribution >= 4 is 5.95 Å². The van der Waals surface area contributed by atoms with Crippen LogP contribution >= 0.6 is 0 Å². The van der Waals surface area contributed by atoms with Crippen molar-refractivity contribution in [2.24, 2.45) is 5.41 Å². The number of likely N-dealkylation sites (N-methyl/N-ethyl adjacent to an activating group) is 1. The van der Waals surface area contributed by atoms with E-state index in [0.717, 1.165) is 51.8 Å². The Kier molecular flexibility index (Phi) is 2.17. The molecule has 3 aliphatic rings. The maximum atomic E-state index is 5.29. The van der Waals surface area contributed by atoms with Crippen LogP contribution in [0.15, 0.2) is 6.20 Å². The number of hydrogen-bond donors (Lipinski definition) is 0. The van der Waals surface area contributed by atoms with Crippen LogP contribution in [0.2, 0.25) is 0 Å². The van der Waals surface area contributed by atoms with Gasteiger partial charge in [-0.25, -0.2) is 9.97 Å². The molecule has 18 heavy (non-hydrogen) atoms. The summed E-state index contributed by atoms with van der Waals surface area (Å²) in [6.07, 6.45) is 3.09. The predicted octanol–water partition coefficient (Wildman–Crippen LogP) is 0.301. The Morgan fingerprint density at radius 1 is 1.33 bits per heavy atom. The summed E-state index contributed by atoms with van der Waals surface area (Å²) in [6.45, 7) is 6.00. The second kappa shape index (κ2) is 3.65. The van der Waals surface area contributed by atoms with Crippen molar-refractivity contribution in [1.82, 2.24) is 14.9 Å². The van der Waals surface area contributed by atoms with Gasteiger partial charge in [-0.3, -0.25) is 0 Å². The lowest BCUT2D eigenvalue weighted by atomic mass is 9.78. The maximum absolute atomic E-state index is 5.29. The minimum atomic E-state index is 0.427. The summed E-state index contributed by atoms with van der Waals surface area (Å²) >= 11 is 0. The van der Waals surface area contributed by atoms with Crippen molar-refractivity contribution in [3.05, 3.63) is 17.5 Å². The van der Waals surface area contributed by atoms with Crippen LogP contribution in [0.5, 0.6) is 0 Å². The van der Waals surface area contributed by atoms with Crippen LogP contribution in [0.3, 0.4) is 0 Å². The molecule has 0 aliphatic carbocycles. The van der Waals surface area contributed by atoms with E-state index in [9.17, 15) is 0 Å². The van der Waals surface area contributed by atoms with Crippen LogP contribution < -0.4 is 4.90 Å². The highest BCUT2D eigenvalue weighted by Gasteiger charge is 2.49. The number of aromatic nitrogens is 2. The van der Waals surface area contributed by atoms with Crippen LogP contribution in [-0.2, 0) is 17.7 Å². The molecule has 5 heteroatoms. The van der Waals surface area contributed by atoms with Gasteiger partial charge < -0.3 is 14.5 Å². The molecule has 1 aromatic heterocycles. The number of ether oxygens (including phenoxy) is 1. The maximum Gasteiger partial charge on any atom is 0.225 e. The van der Waals surface area contributed by atoms with E-state index in [1.165, 1.54) is 11.3 Å². The zero-order valence-corrected chi connectivity index (χ0v) is 10.7. The molecule has 0 amide bonds. The number of fused-ring (bicyclic) bond motifs is 1. The minimum Gasteiger partial charge on any atom is -0.380 e. The second-order valence-electron chi connectivity index (χ2n) is 5.98. The first-order valence-electron chi connectivity index (χ1n) is 6.60. The molecule has 4 heterocycles. The van der Waals surface area contributed by atoms with Crippen LogP contribution in [0.4, 0.5) is 5.95 Å². The zero-order chi connectivity index (χ0) is 12.2. The zero-order valence-electron chi connectivity index (χ0n) is 10.7. The molecule has 0 aromatic carbocycles. The van der Waals surface area contributed by atoms with Gasteiger partial charge in [0.25, 0.3) is 0 Å². The molecular formula is C13H18N4O. The molecule has 0 unspecified atom stereocenters. The highest BCUT2D eigenvalue weighted by Crippen LogP contribution is 2.39. The van der Waals surface area contributed by atoms with Gasteiger partial charge in [-0.1, -0.05) is 0 Å². The minimum absolute atomic E-state index is 0.427. The normalized spacial score (nSPS) is 25.5. The molecule has 96 valence electrons. The molecule has 0 radical (unpaired) electrons. The average molecular weight is 246 g/mol. The summed E-state index contributed by atoms with van der Waals surface area (Å²) in [4.78, 5) is 13.9. The molecule has 2 saturated heterocycles. The molecule has 0 N–H and O–H groups in total. The lowest BCUT2D eigenvalue weighted by molar-refractivity contribution is -0.127. The van der Waals surface area contributed by atoms with Crippen LogP contribution in [0.1, 0.15) is 11.3 Å². The Morgan fingerprint density at radius 2 is 2.17 bits per heavy atom. The smallest absolute Gasteiger partial charge is 0.225 e. The molecule has 0 saturated carbocycles. The summed E-state index contributed by atoms with van der Waals surface area (Å²) in [7, 11) is 2.15. The van der Waals surface area contributed by atoms with Gasteiger partial charge in [-0.2, -0.15) is 0 Å². The van der Waals surface area contributed by atoms with E-state index in [4.69, 9.17) is 9.72 Å². The largest absolute Gasteiger partial charge is 0.380 e. The lowest BCUT2D eigenvalue weighted by Crippen LogP contribution is -2.66. The van der Waals surface area contributed by atoms with E-state index in [-0.39, 0.29) is 0 Å². The fraction of sp³-hybridized carbons (Fsp3) is 0.692. The topological polar surface area (TPSA) is 41.5 Å². The first-order valence-corrected chi connectivity index (χ1v) is 6.60. The summed E-state index contributed by atoms with van der Waals surface area (Å²) < 4.78 is 5.29. The molecule has 0 atom stereocenters.